The van der Waals surface area contributed by atoms with Crippen molar-refractivity contribution < 1.29 is 9.21 Å². The fourth-order valence-electron chi connectivity index (χ4n) is 3.29. The van der Waals surface area contributed by atoms with E-state index in [4.69, 9.17) is 39.8 Å². The highest BCUT2D eigenvalue weighted by Crippen LogP contribution is 2.31. The van der Waals surface area contributed by atoms with Crippen molar-refractivity contribution in [3.63, 3.8) is 0 Å². The average Bonchev–Trinajstić information content (AvgIpc) is 3.23. The van der Waals surface area contributed by atoms with E-state index in [0.717, 1.165) is 17.5 Å². The van der Waals surface area contributed by atoms with Crippen LogP contribution in [0.1, 0.15) is 42.1 Å². The largest absolute Gasteiger partial charge is 0.436 e. The van der Waals surface area contributed by atoms with Gasteiger partial charge < -0.3 is 9.73 Å². The predicted molar refractivity (Wildman–Crippen MR) is 138 cm³/mol. The Kier molecular flexibility index (Phi) is 6.98. The van der Waals surface area contributed by atoms with Crippen LogP contribution in [0.2, 0.25) is 10.0 Å². The maximum atomic E-state index is 12.4. The number of carbonyl (C=O) groups excluding carboxylic acids is 1. The van der Waals surface area contributed by atoms with Gasteiger partial charge in [-0.15, -0.1) is 0 Å². The highest BCUT2D eigenvalue weighted by Gasteiger charge is 2.14. The molecule has 0 aliphatic rings. The molecule has 1 heterocycles. The van der Waals surface area contributed by atoms with Gasteiger partial charge in [-0.1, -0.05) is 43.1 Å². The van der Waals surface area contributed by atoms with Gasteiger partial charge in [0.1, 0.15) is 5.52 Å². The molecule has 0 saturated heterocycles. The summed E-state index contributed by atoms with van der Waals surface area (Å²) in [6, 6.07) is 17.9. The van der Waals surface area contributed by atoms with E-state index in [1.54, 1.807) is 36.4 Å². The van der Waals surface area contributed by atoms with Crippen LogP contribution in [0.5, 0.6) is 0 Å². The molecular weight excluding hydrogens is 477 g/mol. The van der Waals surface area contributed by atoms with E-state index < -0.39 is 0 Å². The summed E-state index contributed by atoms with van der Waals surface area (Å²) in [4.78, 5) is 17.0. The quantitative estimate of drug-likeness (QED) is 0.280. The Hall–Kier alpha value is -2.93. The number of rotatable bonds is 5. The monoisotopic (exact) mass is 497 g/mol. The van der Waals surface area contributed by atoms with Crippen LogP contribution < -0.4 is 10.6 Å². The van der Waals surface area contributed by atoms with Crippen molar-refractivity contribution >= 4 is 63.2 Å². The number of fused-ring (bicyclic) bond motifs is 1. The lowest BCUT2D eigenvalue weighted by Gasteiger charge is -2.12. The van der Waals surface area contributed by atoms with E-state index in [-0.39, 0.29) is 11.0 Å². The zero-order chi connectivity index (χ0) is 23.5. The van der Waals surface area contributed by atoms with Crippen LogP contribution in [0.4, 0.5) is 5.69 Å². The Balaban J connectivity index is 1.53. The van der Waals surface area contributed by atoms with E-state index in [1.807, 2.05) is 12.1 Å². The molecule has 0 radical (unpaired) electrons. The second-order valence-electron chi connectivity index (χ2n) is 7.67. The summed E-state index contributed by atoms with van der Waals surface area (Å²) in [6.07, 6.45) is 1.05. The molecule has 0 aliphatic carbocycles. The summed E-state index contributed by atoms with van der Waals surface area (Å²) in [7, 11) is 0. The van der Waals surface area contributed by atoms with Gasteiger partial charge in [0.2, 0.25) is 5.89 Å². The van der Waals surface area contributed by atoms with E-state index in [0.29, 0.717) is 38.7 Å². The zero-order valence-electron chi connectivity index (χ0n) is 18.0. The standard InChI is InChI=1S/C25H21Cl2N3O2S/c1-3-14(2)16-7-11-22-21(12-16)28-24(32-22)17-6-10-19(27)20(13-17)29-25(33)30-23(31)15-4-8-18(26)9-5-15/h4-14H,3H2,1-2H3,(H2,29,30,31,33). The molecule has 3 aromatic carbocycles. The van der Waals surface area contributed by atoms with Gasteiger partial charge in [0.05, 0.1) is 10.7 Å². The summed E-state index contributed by atoms with van der Waals surface area (Å²) in [5.41, 5.74) is 4.44. The van der Waals surface area contributed by atoms with Crippen molar-refractivity contribution in [2.75, 3.05) is 5.32 Å². The molecule has 4 aromatic rings. The maximum absolute atomic E-state index is 12.4. The molecule has 1 unspecified atom stereocenters. The number of oxazole rings is 1. The number of carbonyl (C=O) groups is 1. The van der Waals surface area contributed by atoms with E-state index >= 15 is 0 Å². The first-order valence-electron chi connectivity index (χ1n) is 10.4. The van der Waals surface area contributed by atoms with E-state index in [9.17, 15) is 4.79 Å². The van der Waals surface area contributed by atoms with Crippen molar-refractivity contribution in [1.29, 1.82) is 0 Å². The zero-order valence-corrected chi connectivity index (χ0v) is 20.3. The first kappa shape index (κ1) is 23.2. The molecule has 33 heavy (non-hydrogen) atoms. The van der Waals surface area contributed by atoms with Crippen LogP contribution in [0, 0.1) is 0 Å². The Morgan fingerprint density at radius 2 is 1.85 bits per heavy atom. The normalized spacial score (nSPS) is 11.9. The molecule has 1 aromatic heterocycles. The van der Waals surface area contributed by atoms with Gasteiger partial charge in [0.15, 0.2) is 10.7 Å². The van der Waals surface area contributed by atoms with Crippen LogP contribution in [0.25, 0.3) is 22.6 Å². The molecule has 2 N–H and O–H groups in total. The van der Waals surface area contributed by atoms with Crippen LogP contribution >= 0.6 is 35.4 Å². The molecular formula is C25H21Cl2N3O2S. The second-order valence-corrected chi connectivity index (χ2v) is 8.92. The molecule has 1 atom stereocenters. The van der Waals surface area contributed by atoms with Gasteiger partial charge in [-0.25, -0.2) is 4.98 Å². The third-order valence-electron chi connectivity index (χ3n) is 5.39. The van der Waals surface area contributed by atoms with Gasteiger partial charge >= 0.3 is 0 Å². The van der Waals surface area contributed by atoms with Gasteiger partial charge in [-0.2, -0.15) is 0 Å². The summed E-state index contributed by atoms with van der Waals surface area (Å²) >= 11 is 17.5. The number of anilines is 1. The topological polar surface area (TPSA) is 67.2 Å². The molecule has 4 rings (SSSR count). The van der Waals surface area contributed by atoms with Crippen LogP contribution in [0.15, 0.2) is 65.1 Å². The van der Waals surface area contributed by atoms with E-state index in [1.165, 1.54) is 5.56 Å². The minimum Gasteiger partial charge on any atom is -0.436 e. The number of nitrogens with zero attached hydrogens (tertiary/aromatic N) is 1. The molecule has 168 valence electrons. The Morgan fingerprint density at radius 3 is 2.58 bits per heavy atom. The number of nitrogens with one attached hydrogen (secondary N) is 2. The number of aromatic nitrogens is 1. The fraction of sp³-hybridized carbons (Fsp3) is 0.160. The first-order chi connectivity index (χ1) is 15.8. The molecule has 0 saturated carbocycles. The van der Waals surface area contributed by atoms with Crippen molar-refractivity contribution in [3.8, 4) is 11.5 Å². The van der Waals surface area contributed by atoms with Crippen LogP contribution in [-0.4, -0.2) is 16.0 Å². The van der Waals surface area contributed by atoms with Crippen molar-refractivity contribution in [2.45, 2.75) is 26.2 Å². The van der Waals surface area contributed by atoms with Crippen LogP contribution in [0.3, 0.4) is 0 Å². The number of hydrogen-bond donors (Lipinski definition) is 2. The minimum absolute atomic E-state index is 0.116. The molecule has 1 amide bonds. The SMILES string of the molecule is CCC(C)c1ccc2oc(-c3ccc(Cl)c(NC(=S)NC(=O)c4ccc(Cl)cc4)c3)nc2c1. The number of benzene rings is 3. The minimum atomic E-state index is -0.354. The fourth-order valence-corrected chi connectivity index (χ4v) is 3.79. The Bertz CT molecular complexity index is 1340. The smallest absolute Gasteiger partial charge is 0.257 e. The summed E-state index contributed by atoms with van der Waals surface area (Å²) < 4.78 is 5.96. The lowest BCUT2D eigenvalue weighted by Crippen LogP contribution is -2.34. The molecule has 8 heteroatoms. The van der Waals surface area contributed by atoms with Crippen molar-refractivity contribution in [1.82, 2.24) is 10.3 Å². The number of thiocarbonyl (C=S) groups is 1. The molecule has 0 spiro atoms. The van der Waals surface area contributed by atoms with Gasteiger partial charge in [0.25, 0.3) is 5.91 Å². The summed E-state index contributed by atoms with van der Waals surface area (Å²) in [5.74, 6) is 0.569. The lowest BCUT2D eigenvalue weighted by molar-refractivity contribution is 0.0977. The third kappa shape index (κ3) is 5.36. The second kappa shape index (κ2) is 9.91. The average molecular weight is 498 g/mol. The number of halogens is 2. The molecule has 0 fully saturated rings. The maximum Gasteiger partial charge on any atom is 0.257 e. The van der Waals surface area contributed by atoms with Gasteiger partial charge in [-0.3, -0.25) is 10.1 Å². The molecule has 5 nitrogen and oxygen atoms in total. The van der Waals surface area contributed by atoms with Gasteiger partial charge in [-0.05, 0) is 84.7 Å². The number of amides is 1. The lowest BCUT2D eigenvalue weighted by atomic mass is 9.98. The Morgan fingerprint density at radius 1 is 1.09 bits per heavy atom. The first-order valence-corrected chi connectivity index (χ1v) is 11.6. The summed E-state index contributed by atoms with van der Waals surface area (Å²) in [6.45, 7) is 4.35. The van der Waals surface area contributed by atoms with E-state index in [2.05, 4.69) is 41.6 Å². The van der Waals surface area contributed by atoms with Crippen molar-refractivity contribution in [2.24, 2.45) is 0 Å². The van der Waals surface area contributed by atoms with Crippen molar-refractivity contribution in [3.05, 3.63) is 81.8 Å². The highest BCUT2D eigenvalue weighted by atomic mass is 35.5. The van der Waals surface area contributed by atoms with Crippen LogP contribution in [-0.2, 0) is 0 Å². The number of hydrogen-bond acceptors (Lipinski definition) is 4. The Labute approximate surface area is 207 Å². The molecule has 0 bridgehead atoms. The van der Waals surface area contributed by atoms with Gasteiger partial charge in [0, 0.05) is 16.1 Å². The third-order valence-corrected chi connectivity index (χ3v) is 6.17. The molecule has 0 aliphatic heterocycles. The predicted octanol–water partition coefficient (Wildman–Crippen LogP) is 7.44. The highest BCUT2D eigenvalue weighted by molar-refractivity contribution is 7.80. The summed E-state index contributed by atoms with van der Waals surface area (Å²) in [5, 5.41) is 6.71.